The molecule has 0 saturated heterocycles. The van der Waals surface area contributed by atoms with Gasteiger partial charge in [-0.1, -0.05) is 19.1 Å². The van der Waals surface area contributed by atoms with E-state index in [2.05, 4.69) is 11.4 Å². The van der Waals surface area contributed by atoms with Gasteiger partial charge in [-0.25, -0.2) is 0 Å². The SMILES string of the molecule is CCOC(=O)C(CC)NC(C)c1ccc(C#N)cc1. The molecule has 2 unspecified atom stereocenters. The van der Waals surface area contributed by atoms with E-state index < -0.39 is 0 Å². The fourth-order valence-electron chi connectivity index (χ4n) is 1.84. The van der Waals surface area contributed by atoms with Gasteiger partial charge in [0, 0.05) is 6.04 Å². The highest BCUT2D eigenvalue weighted by Crippen LogP contribution is 2.14. The Kier molecular flexibility index (Phi) is 6.04. The lowest BCUT2D eigenvalue weighted by molar-refractivity contribution is -0.145. The van der Waals surface area contributed by atoms with Crippen molar-refractivity contribution in [2.24, 2.45) is 0 Å². The Morgan fingerprint density at radius 3 is 2.47 bits per heavy atom. The van der Waals surface area contributed by atoms with E-state index in [1.54, 1.807) is 19.1 Å². The van der Waals surface area contributed by atoms with Crippen molar-refractivity contribution in [1.82, 2.24) is 5.32 Å². The maximum Gasteiger partial charge on any atom is 0.323 e. The zero-order valence-corrected chi connectivity index (χ0v) is 11.6. The minimum absolute atomic E-state index is 0.0297. The maximum absolute atomic E-state index is 11.7. The summed E-state index contributed by atoms with van der Waals surface area (Å²) in [6.45, 7) is 6.13. The summed E-state index contributed by atoms with van der Waals surface area (Å²) in [5.74, 6) is -0.217. The molecule has 0 aliphatic carbocycles. The number of hydrogen-bond donors (Lipinski definition) is 1. The van der Waals surface area contributed by atoms with Gasteiger partial charge in [0.2, 0.25) is 0 Å². The number of carbonyl (C=O) groups excluding carboxylic acids is 1. The fraction of sp³-hybridized carbons (Fsp3) is 0.467. The van der Waals surface area contributed by atoms with Crippen LogP contribution in [0.2, 0.25) is 0 Å². The number of ether oxygens (including phenoxy) is 1. The van der Waals surface area contributed by atoms with Crippen molar-refractivity contribution in [1.29, 1.82) is 5.26 Å². The highest BCUT2D eigenvalue weighted by molar-refractivity contribution is 5.75. The average Bonchev–Trinajstić information content (AvgIpc) is 2.44. The van der Waals surface area contributed by atoms with Crippen LogP contribution in [0.3, 0.4) is 0 Å². The van der Waals surface area contributed by atoms with Gasteiger partial charge in [0.05, 0.1) is 18.2 Å². The molecule has 1 aromatic carbocycles. The second-order valence-electron chi connectivity index (χ2n) is 4.34. The van der Waals surface area contributed by atoms with Crippen LogP contribution >= 0.6 is 0 Å². The number of nitriles is 1. The molecule has 0 heterocycles. The zero-order valence-electron chi connectivity index (χ0n) is 11.6. The molecule has 19 heavy (non-hydrogen) atoms. The van der Waals surface area contributed by atoms with Crippen LogP contribution in [-0.4, -0.2) is 18.6 Å². The minimum Gasteiger partial charge on any atom is -0.465 e. The molecule has 0 bridgehead atoms. The molecule has 0 radical (unpaired) electrons. The van der Waals surface area contributed by atoms with Crippen LogP contribution in [0.15, 0.2) is 24.3 Å². The van der Waals surface area contributed by atoms with Gasteiger partial charge in [-0.3, -0.25) is 10.1 Å². The molecule has 0 aliphatic heterocycles. The molecule has 2 atom stereocenters. The second kappa shape index (κ2) is 7.55. The highest BCUT2D eigenvalue weighted by Gasteiger charge is 2.20. The zero-order chi connectivity index (χ0) is 14.3. The van der Waals surface area contributed by atoms with Gasteiger partial charge < -0.3 is 4.74 Å². The van der Waals surface area contributed by atoms with Crippen LogP contribution in [0, 0.1) is 11.3 Å². The predicted octanol–water partition coefficient (Wildman–Crippen LogP) is 2.55. The molecule has 1 aromatic rings. The Morgan fingerprint density at radius 1 is 1.37 bits per heavy atom. The Hall–Kier alpha value is -1.86. The summed E-state index contributed by atoms with van der Waals surface area (Å²) in [6, 6.07) is 9.16. The van der Waals surface area contributed by atoms with Gasteiger partial charge in [-0.05, 0) is 38.0 Å². The average molecular weight is 260 g/mol. The number of nitrogens with one attached hydrogen (secondary N) is 1. The van der Waals surface area contributed by atoms with E-state index in [-0.39, 0.29) is 18.1 Å². The lowest BCUT2D eigenvalue weighted by Gasteiger charge is -2.21. The van der Waals surface area contributed by atoms with Gasteiger partial charge in [-0.2, -0.15) is 5.26 Å². The molecule has 0 spiro atoms. The van der Waals surface area contributed by atoms with Crippen molar-refractivity contribution >= 4 is 5.97 Å². The van der Waals surface area contributed by atoms with Crippen molar-refractivity contribution in [3.63, 3.8) is 0 Å². The number of rotatable bonds is 6. The first kappa shape index (κ1) is 15.2. The normalized spacial score (nSPS) is 13.4. The summed E-state index contributed by atoms with van der Waals surface area (Å²) in [4.78, 5) is 11.7. The van der Waals surface area contributed by atoms with E-state index in [4.69, 9.17) is 10.00 Å². The third-order valence-corrected chi connectivity index (χ3v) is 2.97. The third kappa shape index (κ3) is 4.38. The number of nitrogens with zero attached hydrogens (tertiary/aromatic N) is 1. The monoisotopic (exact) mass is 260 g/mol. The van der Waals surface area contributed by atoms with Gasteiger partial charge in [0.15, 0.2) is 0 Å². The van der Waals surface area contributed by atoms with Crippen LogP contribution in [0.25, 0.3) is 0 Å². The molecule has 1 N–H and O–H groups in total. The van der Waals surface area contributed by atoms with Crippen LogP contribution in [0.1, 0.15) is 44.4 Å². The van der Waals surface area contributed by atoms with Crippen molar-refractivity contribution in [2.45, 2.75) is 39.3 Å². The van der Waals surface area contributed by atoms with Crippen molar-refractivity contribution in [3.05, 3.63) is 35.4 Å². The summed E-state index contributed by atoms with van der Waals surface area (Å²) in [5, 5.41) is 12.0. The van der Waals surface area contributed by atoms with Gasteiger partial charge in [0.1, 0.15) is 6.04 Å². The predicted molar refractivity (Wildman–Crippen MR) is 73.4 cm³/mol. The van der Waals surface area contributed by atoms with E-state index in [9.17, 15) is 4.79 Å². The summed E-state index contributed by atoms with van der Waals surface area (Å²) in [7, 11) is 0. The number of benzene rings is 1. The molecule has 4 nitrogen and oxygen atoms in total. The molecule has 1 rings (SSSR count). The van der Waals surface area contributed by atoms with Crippen LogP contribution in [0.5, 0.6) is 0 Å². The van der Waals surface area contributed by atoms with E-state index >= 15 is 0 Å². The first-order valence-corrected chi connectivity index (χ1v) is 6.55. The fourth-order valence-corrected chi connectivity index (χ4v) is 1.84. The van der Waals surface area contributed by atoms with Crippen molar-refractivity contribution < 1.29 is 9.53 Å². The van der Waals surface area contributed by atoms with Crippen molar-refractivity contribution in [2.75, 3.05) is 6.61 Å². The van der Waals surface area contributed by atoms with Gasteiger partial charge in [-0.15, -0.1) is 0 Å². The Balaban J connectivity index is 2.68. The summed E-state index contributed by atoms with van der Waals surface area (Å²) < 4.78 is 5.02. The van der Waals surface area contributed by atoms with E-state index in [0.29, 0.717) is 18.6 Å². The van der Waals surface area contributed by atoms with E-state index in [0.717, 1.165) is 5.56 Å². The van der Waals surface area contributed by atoms with Gasteiger partial charge in [0.25, 0.3) is 0 Å². The largest absolute Gasteiger partial charge is 0.465 e. The quantitative estimate of drug-likeness (QED) is 0.798. The number of hydrogen-bond acceptors (Lipinski definition) is 4. The standard InChI is InChI=1S/C15H20N2O2/c1-4-14(15(18)19-5-2)17-11(3)13-8-6-12(10-16)7-9-13/h6-9,11,14,17H,4-5H2,1-3H3. The minimum atomic E-state index is -0.300. The highest BCUT2D eigenvalue weighted by atomic mass is 16.5. The van der Waals surface area contributed by atoms with Crippen LogP contribution < -0.4 is 5.32 Å². The Morgan fingerprint density at radius 2 is 2.00 bits per heavy atom. The lowest BCUT2D eigenvalue weighted by atomic mass is 10.0. The van der Waals surface area contributed by atoms with Gasteiger partial charge >= 0.3 is 5.97 Å². The summed E-state index contributed by atoms with van der Waals surface area (Å²) in [5.41, 5.74) is 1.68. The number of esters is 1. The third-order valence-electron chi connectivity index (χ3n) is 2.97. The summed E-state index contributed by atoms with van der Waals surface area (Å²) >= 11 is 0. The molecule has 0 aromatic heterocycles. The first-order valence-electron chi connectivity index (χ1n) is 6.55. The first-order chi connectivity index (χ1) is 9.12. The van der Waals surface area contributed by atoms with Crippen LogP contribution in [-0.2, 0) is 9.53 Å². The topological polar surface area (TPSA) is 62.1 Å². The molecule has 102 valence electrons. The smallest absolute Gasteiger partial charge is 0.323 e. The molecule has 0 aliphatic rings. The lowest BCUT2D eigenvalue weighted by Crippen LogP contribution is -2.39. The molecule has 0 amide bonds. The molecule has 0 fully saturated rings. The molecular weight excluding hydrogens is 240 g/mol. The van der Waals surface area contributed by atoms with E-state index in [1.165, 1.54) is 0 Å². The second-order valence-corrected chi connectivity index (χ2v) is 4.34. The Bertz CT molecular complexity index is 448. The summed E-state index contributed by atoms with van der Waals surface area (Å²) in [6.07, 6.45) is 0.680. The van der Waals surface area contributed by atoms with Crippen LogP contribution in [0.4, 0.5) is 0 Å². The number of carbonyl (C=O) groups is 1. The maximum atomic E-state index is 11.7. The van der Waals surface area contributed by atoms with Crippen molar-refractivity contribution in [3.8, 4) is 6.07 Å². The molecular formula is C15H20N2O2. The molecule has 4 heteroatoms. The van der Waals surface area contributed by atoms with E-state index in [1.807, 2.05) is 26.0 Å². The Labute approximate surface area is 114 Å². The molecule has 0 saturated carbocycles.